The highest BCUT2D eigenvalue weighted by Gasteiger charge is 2.26. The van der Waals surface area contributed by atoms with Crippen molar-refractivity contribution in [3.05, 3.63) is 30.0 Å². The number of benzene rings is 1. The monoisotopic (exact) mass is 232 g/mol. The Hall–Kier alpha value is -1.39. The van der Waals surface area contributed by atoms with Crippen LogP contribution in [0.5, 0.6) is 0 Å². The number of aliphatic hydroxyl groups excluding tert-OH is 1. The maximum absolute atomic E-state index is 9.96. The Morgan fingerprint density at radius 3 is 3.18 bits per heavy atom. The lowest BCUT2D eigenvalue weighted by Gasteiger charge is -2.27. The van der Waals surface area contributed by atoms with Crippen molar-refractivity contribution in [3.63, 3.8) is 0 Å². The molecule has 1 aromatic carbocycles. The highest BCUT2D eigenvalue weighted by Crippen LogP contribution is 2.22. The molecule has 1 aliphatic rings. The van der Waals surface area contributed by atoms with Gasteiger partial charge in [0.15, 0.2) is 0 Å². The van der Waals surface area contributed by atoms with Crippen LogP contribution < -0.4 is 0 Å². The molecule has 2 atom stereocenters. The Labute approximate surface area is 99.8 Å². The minimum absolute atomic E-state index is 0.0588. The molecule has 90 valence electrons. The van der Waals surface area contributed by atoms with E-state index in [1.807, 2.05) is 23.0 Å². The van der Waals surface area contributed by atoms with Crippen molar-refractivity contribution >= 4 is 10.9 Å². The Kier molecular flexibility index (Phi) is 2.61. The maximum Gasteiger partial charge on any atom is 0.101 e. The molecule has 0 amide bonds. The second kappa shape index (κ2) is 4.13. The van der Waals surface area contributed by atoms with Crippen LogP contribution in [0.1, 0.15) is 18.0 Å². The molecule has 2 heterocycles. The van der Waals surface area contributed by atoms with Crippen molar-refractivity contribution in [2.75, 3.05) is 13.2 Å². The van der Waals surface area contributed by atoms with Gasteiger partial charge in [-0.1, -0.05) is 11.6 Å². The predicted molar refractivity (Wildman–Crippen MR) is 64.9 cm³/mol. The van der Waals surface area contributed by atoms with Crippen LogP contribution in [0, 0.1) is 6.92 Å². The van der Waals surface area contributed by atoms with Gasteiger partial charge in [0.2, 0.25) is 0 Å². The minimum atomic E-state index is -0.362. The number of ether oxygens (including phenoxy) is 1. The molecule has 0 saturated carbocycles. The Morgan fingerprint density at radius 2 is 2.35 bits per heavy atom. The lowest BCUT2D eigenvalue weighted by atomic mass is 10.1. The number of fused-ring (bicyclic) bond motifs is 1. The topological polar surface area (TPSA) is 47.3 Å². The molecule has 0 aliphatic carbocycles. The number of rotatable bonds is 1. The first-order valence-corrected chi connectivity index (χ1v) is 5.95. The molecular weight excluding hydrogens is 216 g/mol. The van der Waals surface area contributed by atoms with E-state index in [0.29, 0.717) is 19.6 Å². The van der Waals surface area contributed by atoms with E-state index in [1.165, 1.54) is 5.56 Å². The molecule has 4 nitrogen and oxygen atoms in total. The largest absolute Gasteiger partial charge is 0.391 e. The molecule has 1 aliphatic heterocycles. The van der Waals surface area contributed by atoms with E-state index < -0.39 is 0 Å². The first kappa shape index (κ1) is 10.7. The Morgan fingerprint density at radius 1 is 1.47 bits per heavy atom. The highest BCUT2D eigenvalue weighted by atomic mass is 16.5. The maximum atomic E-state index is 9.96. The number of nitrogens with zero attached hydrogens (tertiary/aromatic N) is 2. The number of hydrogen-bond acceptors (Lipinski definition) is 3. The van der Waals surface area contributed by atoms with Gasteiger partial charge in [0.1, 0.15) is 6.04 Å². The first-order chi connectivity index (χ1) is 8.24. The number of aliphatic hydroxyl groups is 1. The number of hydrogen-bond donors (Lipinski definition) is 1. The SMILES string of the molecule is Cc1ccc2nn(C3COCCC3O)cc2c1. The van der Waals surface area contributed by atoms with Gasteiger partial charge < -0.3 is 9.84 Å². The van der Waals surface area contributed by atoms with Crippen LogP contribution in [-0.2, 0) is 4.74 Å². The summed E-state index contributed by atoms with van der Waals surface area (Å²) in [5.74, 6) is 0. The standard InChI is InChI=1S/C13H16N2O2/c1-9-2-3-11-10(6-9)7-15(14-11)12-8-17-5-4-13(12)16/h2-3,6-7,12-13,16H,4-5,8H2,1H3. The first-order valence-electron chi connectivity index (χ1n) is 5.95. The lowest BCUT2D eigenvalue weighted by molar-refractivity contribution is -0.0327. The lowest BCUT2D eigenvalue weighted by Crippen LogP contribution is -2.34. The molecule has 1 saturated heterocycles. The molecule has 3 rings (SSSR count). The van der Waals surface area contributed by atoms with Gasteiger partial charge >= 0.3 is 0 Å². The van der Waals surface area contributed by atoms with E-state index in [9.17, 15) is 5.11 Å². The van der Waals surface area contributed by atoms with Crippen molar-refractivity contribution in [2.24, 2.45) is 0 Å². The fraction of sp³-hybridized carbons (Fsp3) is 0.462. The second-order valence-corrected chi connectivity index (χ2v) is 4.67. The summed E-state index contributed by atoms with van der Waals surface area (Å²) < 4.78 is 7.25. The molecule has 1 aromatic heterocycles. The third-order valence-electron chi connectivity index (χ3n) is 3.31. The van der Waals surface area contributed by atoms with E-state index in [1.54, 1.807) is 0 Å². The minimum Gasteiger partial charge on any atom is -0.391 e. The van der Waals surface area contributed by atoms with E-state index in [4.69, 9.17) is 4.74 Å². The van der Waals surface area contributed by atoms with Crippen molar-refractivity contribution in [3.8, 4) is 0 Å². The smallest absolute Gasteiger partial charge is 0.101 e. The molecule has 0 bridgehead atoms. The summed E-state index contributed by atoms with van der Waals surface area (Å²) in [6.45, 7) is 3.24. The molecule has 4 heteroatoms. The summed E-state index contributed by atoms with van der Waals surface area (Å²) in [5.41, 5.74) is 2.19. The van der Waals surface area contributed by atoms with Crippen LogP contribution in [0.2, 0.25) is 0 Å². The van der Waals surface area contributed by atoms with Crippen LogP contribution >= 0.6 is 0 Å². The zero-order valence-electron chi connectivity index (χ0n) is 9.84. The predicted octanol–water partition coefficient (Wildman–Crippen LogP) is 1.67. The molecule has 1 N–H and O–H groups in total. The van der Waals surface area contributed by atoms with Crippen molar-refractivity contribution in [1.82, 2.24) is 9.78 Å². The third kappa shape index (κ3) is 1.94. The summed E-state index contributed by atoms with van der Waals surface area (Å²) in [4.78, 5) is 0. The zero-order chi connectivity index (χ0) is 11.8. The summed E-state index contributed by atoms with van der Waals surface area (Å²) in [6, 6.07) is 6.11. The average molecular weight is 232 g/mol. The van der Waals surface area contributed by atoms with E-state index in [2.05, 4.69) is 18.1 Å². The average Bonchev–Trinajstić information content (AvgIpc) is 2.72. The summed E-state index contributed by atoms with van der Waals surface area (Å²) in [7, 11) is 0. The van der Waals surface area contributed by atoms with Gasteiger partial charge in [-0.25, -0.2) is 0 Å². The molecule has 2 unspecified atom stereocenters. The van der Waals surface area contributed by atoms with Gasteiger partial charge in [-0.15, -0.1) is 0 Å². The fourth-order valence-electron chi connectivity index (χ4n) is 2.30. The molecule has 1 fully saturated rings. The summed E-state index contributed by atoms with van der Waals surface area (Å²) in [6.07, 6.45) is 2.31. The second-order valence-electron chi connectivity index (χ2n) is 4.67. The van der Waals surface area contributed by atoms with E-state index in [0.717, 1.165) is 10.9 Å². The quantitative estimate of drug-likeness (QED) is 0.813. The normalized spacial score (nSPS) is 25.3. The van der Waals surface area contributed by atoms with Crippen LogP contribution in [0.15, 0.2) is 24.4 Å². The van der Waals surface area contributed by atoms with E-state index >= 15 is 0 Å². The zero-order valence-corrected chi connectivity index (χ0v) is 9.84. The molecule has 0 radical (unpaired) electrons. The Balaban J connectivity index is 1.99. The van der Waals surface area contributed by atoms with Crippen molar-refractivity contribution in [1.29, 1.82) is 0 Å². The highest BCUT2D eigenvalue weighted by molar-refractivity contribution is 5.78. The van der Waals surface area contributed by atoms with Crippen LogP contribution in [0.3, 0.4) is 0 Å². The molecule has 17 heavy (non-hydrogen) atoms. The van der Waals surface area contributed by atoms with Gasteiger partial charge in [0.05, 0.1) is 18.2 Å². The summed E-state index contributed by atoms with van der Waals surface area (Å²) >= 11 is 0. The van der Waals surface area contributed by atoms with Gasteiger partial charge in [0.25, 0.3) is 0 Å². The van der Waals surface area contributed by atoms with Gasteiger partial charge in [0, 0.05) is 18.2 Å². The van der Waals surface area contributed by atoms with Crippen LogP contribution in [-0.4, -0.2) is 34.2 Å². The van der Waals surface area contributed by atoms with Crippen molar-refractivity contribution < 1.29 is 9.84 Å². The Bertz CT molecular complexity index is 535. The number of aryl methyl sites for hydroxylation is 1. The fourth-order valence-corrected chi connectivity index (χ4v) is 2.30. The van der Waals surface area contributed by atoms with Gasteiger partial charge in [-0.05, 0) is 25.5 Å². The third-order valence-corrected chi connectivity index (χ3v) is 3.31. The van der Waals surface area contributed by atoms with Crippen molar-refractivity contribution in [2.45, 2.75) is 25.5 Å². The van der Waals surface area contributed by atoms with Crippen LogP contribution in [0.4, 0.5) is 0 Å². The van der Waals surface area contributed by atoms with Gasteiger partial charge in [-0.3, -0.25) is 4.68 Å². The summed E-state index contributed by atoms with van der Waals surface area (Å²) in [5, 5.41) is 15.6. The molecular formula is C13H16N2O2. The van der Waals surface area contributed by atoms with Gasteiger partial charge in [-0.2, -0.15) is 5.10 Å². The molecule has 0 spiro atoms. The molecule has 2 aromatic rings. The number of aromatic nitrogens is 2. The van der Waals surface area contributed by atoms with E-state index in [-0.39, 0.29) is 12.1 Å². The van der Waals surface area contributed by atoms with Crippen LogP contribution in [0.25, 0.3) is 10.9 Å².